The first-order valence-corrected chi connectivity index (χ1v) is 9.71. The summed E-state index contributed by atoms with van der Waals surface area (Å²) >= 11 is 12.1. The molecular formula is C22H21Cl2NO3. The lowest BCUT2D eigenvalue weighted by Gasteiger charge is -2.41. The monoisotopic (exact) mass is 417 g/mol. The highest BCUT2D eigenvalue weighted by Gasteiger charge is 2.58. The van der Waals surface area contributed by atoms with E-state index in [1.807, 2.05) is 19.1 Å². The summed E-state index contributed by atoms with van der Waals surface area (Å²) in [5.74, 6) is -2.09. The Hall–Kier alpha value is -2.04. The number of benzene rings is 1. The molecule has 146 valence electrons. The van der Waals surface area contributed by atoms with Gasteiger partial charge in [-0.2, -0.15) is 0 Å². The van der Waals surface area contributed by atoms with Gasteiger partial charge in [0.2, 0.25) is 0 Å². The van der Waals surface area contributed by atoms with Crippen LogP contribution in [0.15, 0.2) is 30.3 Å². The average molecular weight is 418 g/mol. The van der Waals surface area contributed by atoms with Gasteiger partial charge in [-0.25, -0.2) is 4.98 Å². The van der Waals surface area contributed by atoms with Crippen LogP contribution in [0.4, 0.5) is 0 Å². The van der Waals surface area contributed by atoms with Crippen molar-refractivity contribution in [3.63, 3.8) is 0 Å². The molecule has 0 atom stereocenters. The summed E-state index contributed by atoms with van der Waals surface area (Å²) in [4.78, 5) is 43.1. The first-order chi connectivity index (χ1) is 12.9. The zero-order valence-electron chi connectivity index (χ0n) is 16.4. The molecular weight excluding hydrogens is 397 g/mol. The van der Waals surface area contributed by atoms with Gasteiger partial charge in [0.1, 0.15) is 16.2 Å². The predicted molar refractivity (Wildman–Crippen MR) is 110 cm³/mol. The Morgan fingerprint density at radius 3 is 2.00 bits per heavy atom. The first kappa shape index (κ1) is 20.7. The van der Waals surface area contributed by atoms with Crippen molar-refractivity contribution < 1.29 is 14.4 Å². The van der Waals surface area contributed by atoms with E-state index in [0.717, 1.165) is 11.1 Å². The number of rotatable bonds is 2. The van der Waals surface area contributed by atoms with Gasteiger partial charge in [-0.3, -0.25) is 14.4 Å². The highest BCUT2D eigenvalue weighted by molar-refractivity contribution is 6.34. The van der Waals surface area contributed by atoms with Crippen molar-refractivity contribution in [2.24, 2.45) is 10.8 Å². The van der Waals surface area contributed by atoms with Crippen LogP contribution in [0.5, 0.6) is 0 Å². The van der Waals surface area contributed by atoms with Gasteiger partial charge in [0.05, 0.1) is 10.8 Å². The largest absolute Gasteiger partial charge is 0.298 e. The molecule has 1 saturated carbocycles. The van der Waals surface area contributed by atoms with Gasteiger partial charge < -0.3 is 0 Å². The lowest BCUT2D eigenvalue weighted by Crippen LogP contribution is -2.56. The van der Waals surface area contributed by atoms with E-state index in [1.165, 1.54) is 0 Å². The second-order valence-electron chi connectivity index (χ2n) is 8.28. The van der Waals surface area contributed by atoms with Crippen LogP contribution < -0.4 is 0 Å². The summed E-state index contributed by atoms with van der Waals surface area (Å²) < 4.78 is 0. The lowest BCUT2D eigenvalue weighted by molar-refractivity contribution is -0.157. The number of halogens is 2. The number of aryl methyl sites for hydroxylation is 1. The van der Waals surface area contributed by atoms with Crippen LogP contribution >= 0.6 is 23.2 Å². The number of aromatic nitrogens is 1. The zero-order chi connectivity index (χ0) is 21.0. The number of pyridine rings is 1. The third-order valence-corrected chi connectivity index (χ3v) is 6.11. The minimum atomic E-state index is -1.23. The van der Waals surface area contributed by atoms with E-state index < -0.39 is 16.7 Å². The maximum absolute atomic E-state index is 13.2. The highest BCUT2D eigenvalue weighted by Crippen LogP contribution is 2.45. The molecule has 1 aliphatic carbocycles. The molecule has 4 nitrogen and oxygen atoms in total. The van der Waals surface area contributed by atoms with Crippen LogP contribution in [0.3, 0.4) is 0 Å². The van der Waals surface area contributed by atoms with Gasteiger partial charge in [-0.15, -0.1) is 0 Å². The first-order valence-electron chi connectivity index (χ1n) is 8.95. The molecule has 0 unspecified atom stereocenters. The number of nitrogens with zero attached hydrogens (tertiary/aromatic N) is 1. The predicted octanol–water partition coefficient (Wildman–Crippen LogP) is 5.22. The van der Waals surface area contributed by atoms with E-state index in [4.69, 9.17) is 23.2 Å². The van der Waals surface area contributed by atoms with E-state index in [-0.39, 0.29) is 27.7 Å². The van der Waals surface area contributed by atoms with Gasteiger partial charge in [-0.1, -0.05) is 35.3 Å². The fourth-order valence-corrected chi connectivity index (χ4v) is 4.33. The van der Waals surface area contributed by atoms with Crippen molar-refractivity contribution in [1.82, 2.24) is 4.98 Å². The number of carbonyl (C=O) groups is 3. The minimum Gasteiger partial charge on any atom is -0.298 e. The van der Waals surface area contributed by atoms with Gasteiger partial charge in [0, 0.05) is 5.56 Å². The Kier molecular flexibility index (Phi) is 5.01. The molecule has 2 aromatic rings. The molecule has 1 fully saturated rings. The van der Waals surface area contributed by atoms with Gasteiger partial charge >= 0.3 is 0 Å². The normalized spacial score (nSPS) is 19.2. The van der Waals surface area contributed by atoms with E-state index in [9.17, 15) is 14.4 Å². The molecule has 0 aliphatic heterocycles. The summed E-state index contributed by atoms with van der Waals surface area (Å²) in [5, 5.41) is 0.514. The van der Waals surface area contributed by atoms with Crippen molar-refractivity contribution in [2.45, 2.75) is 40.5 Å². The number of carbonyl (C=O) groups excluding carboxylic acids is 3. The fraction of sp³-hybridized carbons (Fsp3) is 0.364. The van der Waals surface area contributed by atoms with Crippen LogP contribution in [0.25, 0.3) is 11.1 Å². The van der Waals surface area contributed by atoms with Crippen LogP contribution in [-0.2, 0) is 14.4 Å². The van der Waals surface area contributed by atoms with Crippen molar-refractivity contribution >= 4 is 40.6 Å². The minimum absolute atomic E-state index is 0.236. The van der Waals surface area contributed by atoms with Crippen molar-refractivity contribution in [3.8, 4) is 11.1 Å². The molecule has 28 heavy (non-hydrogen) atoms. The maximum atomic E-state index is 13.2. The standard InChI is InChI=1S/C22H21Cl2NO3/c1-11-6-7-12(13-8-9-15(23)25-19(13)24)10-14(11)16-17(26)21(2,3)20(28)22(4,5)18(16)27/h6-10,16H,1-5H3. The number of hydrogen-bond acceptors (Lipinski definition) is 4. The number of ketones is 3. The van der Waals surface area contributed by atoms with E-state index in [2.05, 4.69) is 4.98 Å². The fourth-order valence-electron chi connectivity index (χ4n) is 3.87. The Bertz CT molecular complexity index is 994. The summed E-state index contributed by atoms with van der Waals surface area (Å²) in [6, 6.07) is 8.86. The second kappa shape index (κ2) is 6.78. The summed E-state index contributed by atoms with van der Waals surface area (Å²) in [7, 11) is 0. The Balaban J connectivity index is 2.19. The number of hydrogen-bond donors (Lipinski definition) is 0. The molecule has 0 radical (unpaired) electrons. The molecule has 0 spiro atoms. The average Bonchev–Trinajstić information content (AvgIpc) is 2.61. The molecule has 1 heterocycles. The van der Waals surface area contributed by atoms with Crippen molar-refractivity contribution in [1.29, 1.82) is 0 Å². The molecule has 0 bridgehead atoms. The van der Waals surface area contributed by atoms with E-state index >= 15 is 0 Å². The third-order valence-electron chi connectivity index (χ3n) is 5.61. The van der Waals surface area contributed by atoms with Crippen LogP contribution in [0, 0.1) is 17.8 Å². The highest BCUT2D eigenvalue weighted by atomic mass is 35.5. The molecule has 6 heteroatoms. The van der Waals surface area contributed by atoms with Crippen molar-refractivity contribution in [2.75, 3.05) is 0 Å². The quantitative estimate of drug-likeness (QED) is 0.496. The molecule has 1 aromatic carbocycles. The Morgan fingerprint density at radius 1 is 0.893 bits per heavy atom. The van der Waals surface area contributed by atoms with Gasteiger partial charge in [0.25, 0.3) is 0 Å². The van der Waals surface area contributed by atoms with Crippen molar-refractivity contribution in [3.05, 3.63) is 51.8 Å². The summed E-state index contributed by atoms with van der Waals surface area (Å²) in [6.07, 6.45) is 0. The Morgan fingerprint density at radius 2 is 1.46 bits per heavy atom. The van der Waals surface area contributed by atoms with Crippen LogP contribution in [-0.4, -0.2) is 22.3 Å². The van der Waals surface area contributed by atoms with Gasteiger partial charge in [-0.05, 0) is 69.5 Å². The molecule has 0 amide bonds. The second-order valence-corrected chi connectivity index (χ2v) is 9.03. The summed E-state index contributed by atoms with van der Waals surface area (Å²) in [6.45, 7) is 8.23. The summed E-state index contributed by atoms with van der Waals surface area (Å²) in [5.41, 5.74) is 0.302. The smallest absolute Gasteiger partial charge is 0.160 e. The third kappa shape index (κ3) is 3.09. The zero-order valence-corrected chi connectivity index (χ0v) is 17.9. The number of Topliss-reactive ketones (excluding diaryl/α,β-unsaturated/α-hetero) is 3. The molecule has 3 rings (SSSR count). The van der Waals surface area contributed by atoms with E-state index in [0.29, 0.717) is 11.1 Å². The topological polar surface area (TPSA) is 64.1 Å². The van der Waals surface area contributed by atoms with Crippen LogP contribution in [0.1, 0.15) is 44.7 Å². The molecule has 0 N–H and O–H groups in total. The Labute approximate surface area is 174 Å². The maximum Gasteiger partial charge on any atom is 0.160 e. The SMILES string of the molecule is Cc1ccc(-c2ccc(Cl)nc2Cl)cc1C1C(=O)C(C)(C)C(=O)C(C)(C)C1=O. The molecule has 1 aromatic heterocycles. The molecule has 0 saturated heterocycles. The lowest BCUT2D eigenvalue weighted by atomic mass is 9.57. The van der Waals surface area contributed by atoms with Gasteiger partial charge in [0.15, 0.2) is 17.3 Å². The van der Waals surface area contributed by atoms with E-state index in [1.54, 1.807) is 45.9 Å². The molecule has 1 aliphatic rings. The van der Waals surface area contributed by atoms with Crippen LogP contribution in [0.2, 0.25) is 10.3 Å².